The van der Waals surface area contributed by atoms with E-state index in [1.807, 2.05) is 37.3 Å². The lowest BCUT2D eigenvalue weighted by Gasteiger charge is -2.26. The predicted molar refractivity (Wildman–Crippen MR) is 159 cm³/mol. The number of halogens is 1. The fourth-order valence-corrected chi connectivity index (χ4v) is 4.86. The number of carbonyl (C=O) groups is 3. The first-order valence-electron chi connectivity index (χ1n) is 13.5. The third-order valence-electron chi connectivity index (χ3n) is 6.94. The number of hydrogen-bond acceptors (Lipinski definition) is 6. The van der Waals surface area contributed by atoms with E-state index in [9.17, 15) is 19.5 Å². The van der Waals surface area contributed by atoms with E-state index < -0.39 is 29.9 Å². The van der Waals surface area contributed by atoms with E-state index in [-0.39, 0.29) is 31.7 Å². The number of oxime groups is 1. The highest BCUT2D eigenvalue weighted by atomic mass is 35.5. The number of amides is 3. The molecule has 10 nitrogen and oxygen atoms in total. The summed E-state index contributed by atoms with van der Waals surface area (Å²) < 4.78 is 5.47. The lowest BCUT2D eigenvalue weighted by atomic mass is 9.97. The van der Waals surface area contributed by atoms with Gasteiger partial charge in [0.1, 0.15) is 12.4 Å². The van der Waals surface area contributed by atoms with E-state index in [2.05, 4.69) is 15.8 Å². The van der Waals surface area contributed by atoms with Gasteiger partial charge in [0, 0.05) is 11.6 Å². The second-order valence-corrected chi connectivity index (χ2v) is 10.2. The Balaban J connectivity index is 1.57. The summed E-state index contributed by atoms with van der Waals surface area (Å²) in [5, 5.41) is 20.0. The summed E-state index contributed by atoms with van der Waals surface area (Å²) in [6.45, 7) is 2.19. The molecule has 0 aromatic heterocycles. The monoisotopic (exact) mass is 592 g/mol. The van der Waals surface area contributed by atoms with E-state index in [0.29, 0.717) is 23.0 Å². The van der Waals surface area contributed by atoms with Crippen LogP contribution in [0.3, 0.4) is 0 Å². The SMILES string of the molecule is CCC(NC(=O)N1C/C(=N/OCc2ccccc2)NC[C@@H](Cc2cc(Cl)ccc2OC)C1=O)c1ccc(C(=O)O)cc1. The van der Waals surface area contributed by atoms with E-state index in [1.54, 1.807) is 37.4 Å². The molecule has 3 amide bonds. The number of aromatic carboxylic acids is 1. The van der Waals surface area contributed by atoms with Gasteiger partial charge in [0.2, 0.25) is 5.91 Å². The number of ether oxygens (including phenoxy) is 1. The third-order valence-corrected chi connectivity index (χ3v) is 7.18. The maximum absolute atomic E-state index is 13.8. The number of urea groups is 1. The van der Waals surface area contributed by atoms with Crippen LogP contribution in [0.5, 0.6) is 5.75 Å². The van der Waals surface area contributed by atoms with E-state index in [1.165, 1.54) is 12.1 Å². The maximum atomic E-state index is 13.8. The number of rotatable bonds is 10. The summed E-state index contributed by atoms with van der Waals surface area (Å²) in [7, 11) is 1.54. The Bertz CT molecular complexity index is 1430. The summed E-state index contributed by atoms with van der Waals surface area (Å²) in [5.74, 6) is -1.16. The topological polar surface area (TPSA) is 130 Å². The molecule has 0 bridgehead atoms. The molecule has 0 aliphatic carbocycles. The zero-order valence-corrected chi connectivity index (χ0v) is 24.1. The van der Waals surface area contributed by atoms with Crippen LogP contribution >= 0.6 is 11.6 Å². The highest BCUT2D eigenvalue weighted by Gasteiger charge is 2.35. The number of carboxylic acid groups (broad SMARTS) is 1. The molecule has 42 heavy (non-hydrogen) atoms. The van der Waals surface area contributed by atoms with Gasteiger partial charge in [-0.1, -0.05) is 66.1 Å². The van der Waals surface area contributed by atoms with Gasteiger partial charge >= 0.3 is 12.0 Å². The average Bonchev–Trinajstić information content (AvgIpc) is 3.15. The molecule has 0 saturated carbocycles. The Labute approximate surface area is 249 Å². The van der Waals surface area contributed by atoms with Crippen molar-refractivity contribution in [2.24, 2.45) is 11.1 Å². The van der Waals surface area contributed by atoms with Gasteiger partial charge in [-0.25, -0.2) is 9.59 Å². The molecule has 1 unspecified atom stereocenters. The molecule has 3 aromatic rings. The smallest absolute Gasteiger partial charge is 0.335 e. The van der Waals surface area contributed by atoms with Crippen molar-refractivity contribution in [3.05, 3.63) is 100 Å². The molecule has 2 atom stereocenters. The number of amidine groups is 1. The zero-order valence-electron chi connectivity index (χ0n) is 23.4. The van der Waals surface area contributed by atoms with Crippen LogP contribution in [0.2, 0.25) is 5.02 Å². The molecule has 1 fully saturated rings. The van der Waals surface area contributed by atoms with Crippen molar-refractivity contribution < 1.29 is 29.1 Å². The first-order chi connectivity index (χ1) is 20.3. The predicted octanol–water partition coefficient (Wildman–Crippen LogP) is 5.03. The van der Waals surface area contributed by atoms with Crippen molar-refractivity contribution in [3.63, 3.8) is 0 Å². The molecule has 3 aromatic carbocycles. The summed E-state index contributed by atoms with van der Waals surface area (Å²) in [4.78, 5) is 45.4. The first kappa shape index (κ1) is 30.4. The molecule has 1 aliphatic rings. The minimum Gasteiger partial charge on any atom is -0.496 e. The van der Waals surface area contributed by atoms with Crippen LogP contribution in [0.1, 0.15) is 46.4 Å². The minimum absolute atomic E-state index is 0.128. The molecule has 220 valence electrons. The van der Waals surface area contributed by atoms with Gasteiger partial charge in [0.25, 0.3) is 0 Å². The van der Waals surface area contributed by atoms with Gasteiger partial charge < -0.3 is 25.3 Å². The first-order valence-corrected chi connectivity index (χ1v) is 13.9. The van der Waals surface area contributed by atoms with Crippen LogP contribution in [0.25, 0.3) is 0 Å². The fourth-order valence-electron chi connectivity index (χ4n) is 4.66. The third kappa shape index (κ3) is 7.79. The molecule has 4 rings (SSSR count). The molecule has 3 N–H and O–H groups in total. The second-order valence-electron chi connectivity index (χ2n) is 9.80. The van der Waals surface area contributed by atoms with Crippen molar-refractivity contribution >= 4 is 35.3 Å². The van der Waals surface area contributed by atoms with E-state index in [4.69, 9.17) is 21.2 Å². The summed E-state index contributed by atoms with van der Waals surface area (Å²) >= 11 is 6.23. The van der Waals surface area contributed by atoms with Crippen LogP contribution in [0, 0.1) is 5.92 Å². The molecular weight excluding hydrogens is 560 g/mol. The summed E-state index contributed by atoms with van der Waals surface area (Å²) in [6, 6.07) is 19.9. The van der Waals surface area contributed by atoms with Gasteiger partial charge in [-0.2, -0.15) is 0 Å². The second kappa shape index (κ2) is 14.4. The lowest BCUT2D eigenvalue weighted by molar-refractivity contribution is -0.131. The molecule has 1 heterocycles. The van der Waals surface area contributed by atoms with Crippen molar-refractivity contribution in [3.8, 4) is 5.75 Å². The van der Waals surface area contributed by atoms with Crippen LogP contribution in [0.15, 0.2) is 78.0 Å². The normalized spacial score (nSPS) is 16.7. The number of carboxylic acids is 1. The highest BCUT2D eigenvalue weighted by molar-refractivity contribution is 6.30. The Hall–Kier alpha value is -4.57. The molecule has 1 saturated heterocycles. The number of carbonyl (C=O) groups excluding carboxylic acids is 2. The minimum atomic E-state index is -1.04. The average molecular weight is 593 g/mol. The number of nitrogens with one attached hydrogen (secondary N) is 2. The Morgan fingerprint density at radius 3 is 2.55 bits per heavy atom. The van der Waals surface area contributed by atoms with Gasteiger partial charge in [0.15, 0.2) is 5.84 Å². The standard InChI is InChI=1S/C31H33ClN4O6/c1-3-26(21-9-11-22(12-10-21)30(38)39)34-31(40)36-18-28(35-42-19-20-7-5-4-6-8-20)33-17-24(29(36)37)15-23-16-25(32)13-14-27(23)41-2/h4-14,16,24,26H,3,15,17-19H2,1-2H3,(H,33,35)(H,34,40)(H,38,39)/t24-,26?/m1/s1. The van der Waals surface area contributed by atoms with Crippen LogP contribution in [-0.4, -0.2) is 53.9 Å². The number of hydrogen-bond donors (Lipinski definition) is 3. The van der Waals surface area contributed by atoms with E-state index in [0.717, 1.165) is 21.6 Å². The lowest BCUT2D eigenvalue weighted by Crippen LogP contribution is -2.48. The molecule has 0 spiro atoms. The van der Waals surface area contributed by atoms with Gasteiger partial charge in [0.05, 0.1) is 31.2 Å². The quantitative estimate of drug-likeness (QED) is 0.282. The molecular formula is C31H33ClN4O6. The Morgan fingerprint density at radius 1 is 1.14 bits per heavy atom. The largest absolute Gasteiger partial charge is 0.496 e. The van der Waals surface area contributed by atoms with Crippen LogP contribution < -0.4 is 15.4 Å². The van der Waals surface area contributed by atoms with Gasteiger partial charge in [-0.05, 0) is 59.9 Å². The van der Waals surface area contributed by atoms with Crippen molar-refractivity contribution in [1.29, 1.82) is 0 Å². The Morgan fingerprint density at radius 2 is 1.88 bits per heavy atom. The van der Waals surface area contributed by atoms with Crippen LogP contribution in [0.4, 0.5) is 4.79 Å². The van der Waals surface area contributed by atoms with E-state index >= 15 is 0 Å². The van der Waals surface area contributed by atoms with Gasteiger partial charge in [-0.3, -0.25) is 9.69 Å². The van der Waals surface area contributed by atoms with Crippen molar-refractivity contribution in [2.75, 3.05) is 20.2 Å². The molecule has 1 aliphatic heterocycles. The Kier molecular flexibility index (Phi) is 10.4. The summed E-state index contributed by atoms with van der Waals surface area (Å²) in [5.41, 5.74) is 2.52. The molecule has 0 radical (unpaired) electrons. The highest BCUT2D eigenvalue weighted by Crippen LogP contribution is 2.27. The zero-order chi connectivity index (χ0) is 30.1. The number of methoxy groups -OCH3 is 1. The van der Waals surface area contributed by atoms with Crippen LogP contribution in [-0.2, 0) is 22.7 Å². The van der Waals surface area contributed by atoms with Crippen molar-refractivity contribution in [2.45, 2.75) is 32.4 Å². The maximum Gasteiger partial charge on any atom is 0.335 e. The molecule has 11 heteroatoms. The fraction of sp³-hybridized carbons (Fsp3) is 0.290. The number of imide groups is 1. The van der Waals surface area contributed by atoms with Crippen molar-refractivity contribution in [1.82, 2.24) is 15.5 Å². The van der Waals surface area contributed by atoms with Gasteiger partial charge in [-0.15, -0.1) is 0 Å². The number of nitrogens with zero attached hydrogens (tertiary/aromatic N) is 2. The summed E-state index contributed by atoms with van der Waals surface area (Å²) in [6.07, 6.45) is 0.786. The number of benzene rings is 3.